The first-order valence-corrected chi connectivity index (χ1v) is 4.38. The summed E-state index contributed by atoms with van der Waals surface area (Å²) in [5.41, 5.74) is 6.10. The Kier molecular flexibility index (Phi) is 2.94. The second-order valence-corrected chi connectivity index (χ2v) is 3.68. The van der Waals surface area contributed by atoms with E-state index in [2.05, 4.69) is 11.1 Å². The van der Waals surface area contributed by atoms with E-state index < -0.39 is 0 Å². The monoisotopic (exact) mass is 179 g/mol. The van der Waals surface area contributed by atoms with Crippen LogP contribution in [0.15, 0.2) is 23.4 Å². The minimum Gasteiger partial charge on any atom is -0.397 e. The van der Waals surface area contributed by atoms with Crippen molar-refractivity contribution in [1.82, 2.24) is 4.98 Å². The van der Waals surface area contributed by atoms with E-state index >= 15 is 0 Å². The molecule has 0 aromatic carbocycles. The number of hydrogen-bond acceptors (Lipinski definition) is 4. The van der Waals surface area contributed by atoms with E-state index in [9.17, 15) is 0 Å². The summed E-state index contributed by atoms with van der Waals surface area (Å²) in [6, 6.07) is 5.71. The number of anilines is 1. The summed E-state index contributed by atoms with van der Waals surface area (Å²) < 4.78 is 0. The maximum Gasteiger partial charge on any atom is 0.0974 e. The second kappa shape index (κ2) is 3.98. The van der Waals surface area contributed by atoms with Crippen LogP contribution in [-0.2, 0) is 0 Å². The van der Waals surface area contributed by atoms with Gasteiger partial charge in [0.25, 0.3) is 0 Å². The molecule has 1 unspecified atom stereocenters. The average molecular weight is 179 g/mol. The molecule has 12 heavy (non-hydrogen) atoms. The van der Waals surface area contributed by atoms with Gasteiger partial charge < -0.3 is 5.73 Å². The lowest BCUT2D eigenvalue weighted by Crippen LogP contribution is -1.92. The molecule has 1 heterocycles. The van der Waals surface area contributed by atoms with Gasteiger partial charge in [0.2, 0.25) is 0 Å². The largest absolute Gasteiger partial charge is 0.397 e. The highest BCUT2D eigenvalue weighted by Crippen LogP contribution is 2.20. The van der Waals surface area contributed by atoms with Crippen LogP contribution >= 0.6 is 11.8 Å². The summed E-state index contributed by atoms with van der Waals surface area (Å²) in [4.78, 5) is 4.05. The van der Waals surface area contributed by atoms with Gasteiger partial charge in [0, 0.05) is 0 Å². The summed E-state index contributed by atoms with van der Waals surface area (Å²) in [6.07, 6.45) is 1.59. The molecule has 1 aromatic rings. The molecule has 1 atom stereocenters. The Bertz CT molecular complexity index is 288. The number of aromatic nitrogens is 1. The zero-order valence-corrected chi connectivity index (χ0v) is 7.51. The normalized spacial score (nSPS) is 12.0. The van der Waals surface area contributed by atoms with E-state index in [1.807, 2.05) is 13.0 Å². The van der Waals surface area contributed by atoms with Gasteiger partial charge in [0.05, 0.1) is 28.2 Å². The predicted octanol–water partition coefficient (Wildman–Crippen LogP) is 1.67. The average Bonchev–Trinajstić information content (AvgIpc) is 2.09. The maximum absolute atomic E-state index is 8.53. The van der Waals surface area contributed by atoms with Crippen LogP contribution in [0.4, 0.5) is 5.69 Å². The minimum absolute atomic E-state index is 0.0684. The molecular formula is C8H9N3S. The molecule has 0 bridgehead atoms. The molecule has 0 aliphatic carbocycles. The molecule has 0 fully saturated rings. The number of hydrogen-bond donors (Lipinski definition) is 1. The van der Waals surface area contributed by atoms with E-state index in [0.29, 0.717) is 5.69 Å². The Labute approximate surface area is 75.6 Å². The first kappa shape index (κ1) is 8.88. The molecule has 0 radical (unpaired) electrons. The molecule has 0 aliphatic heterocycles. The van der Waals surface area contributed by atoms with Gasteiger partial charge in [-0.05, 0) is 19.1 Å². The van der Waals surface area contributed by atoms with Crippen molar-refractivity contribution in [2.45, 2.75) is 17.2 Å². The zero-order chi connectivity index (χ0) is 8.97. The summed E-state index contributed by atoms with van der Waals surface area (Å²) in [5.74, 6) is 0. The third-order valence-corrected chi connectivity index (χ3v) is 2.18. The Morgan fingerprint density at radius 2 is 2.42 bits per heavy atom. The van der Waals surface area contributed by atoms with Crippen LogP contribution < -0.4 is 5.73 Å². The van der Waals surface area contributed by atoms with Crippen molar-refractivity contribution in [2.24, 2.45) is 0 Å². The van der Waals surface area contributed by atoms with Gasteiger partial charge in [-0.2, -0.15) is 5.26 Å². The van der Waals surface area contributed by atoms with Crippen molar-refractivity contribution >= 4 is 17.4 Å². The van der Waals surface area contributed by atoms with Crippen LogP contribution in [0.5, 0.6) is 0 Å². The van der Waals surface area contributed by atoms with Crippen molar-refractivity contribution in [3.8, 4) is 6.07 Å². The van der Waals surface area contributed by atoms with Crippen LogP contribution in [0, 0.1) is 11.3 Å². The van der Waals surface area contributed by atoms with Gasteiger partial charge in [-0.15, -0.1) is 0 Å². The molecule has 1 rings (SSSR count). The second-order valence-electron chi connectivity index (χ2n) is 2.32. The van der Waals surface area contributed by atoms with Crippen LogP contribution in [0.25, 0.3) is 0 Å². The summed E-state index contributed by atoms with van der Waals surface area (Å²) in [6.45, 7) is 1.84. The van der Waals surface area contributed by atoms with Gasteiger partial charge in [-0.25, -0.2) is 4.98 Å². The Morgan fingerprint density at radius 3 is 2.92 bits per heavy atom. The minimum atomic E-state index is -0.0684. The molecule has 0 saturated heterocycles. The SMILES string of the molecule is CC(C#N)Sc1ccc(N)cn1. The van der Waals surface area contributed by atoms with E-state index in [1.54, 1.807) is 12.3 Å². The van der Waals surface area contributed by atoms with Gasteiger partial charge in [0.15, 0.2) is 0 Å². The number of nitrogens with two attached hydrogens (primary N) is 1. The van der Waals surface area contributed by atoms with Gasteiger partial charge in [-0.1, -0.05) is 11.8 Å². The third kappa shape index (κ3) is 2.44. The molecule has 0 amide bonds. The number of rotatable bonds is 2. The lowest BCUT2D eigenvalue weighted by Gasteiger charge is -2.00. The topological polar surface area (TPSA) is 62.7 Å². The first-order chi connectivity index (χ1) is 5.72. The standard InChI is InChI=1S/C8H9N3S/c1-6(4-9)12-8-3-2-7(10)5-11-8/h2-3,5-6H,10H2,1H3. The van der Waals surface area contributed by atoms with E-state index in [-0.39, 0.29) is 5.25 Å². The fraction of sp³-hybridized carbons (Fsp3) is 0.250. The Balaban J connectivity index is 2.66. The lowest BCUT2D eigenvalue weighted by atomic mass is 10.4. The fourth-order valence-electron chi connectivity index (χ4n) is 0.669. The molecule has 3 nitrogen and oxygen atoms in total. The number of pyridine rings is 1. The van der Waals surface area contributed by atoms with Crippen molar-refractivity contribution in [3.05, 3.63) is 18.3 Å². The van der Waals surface area contributed by atoms with Crippen LogP contribution in [0.2, 0.25) is 0 Å². The maximum atomic E-state index is 8.53. The van der Waals surface area contributed by atoms with E-state index in [4.69, 9.17) is 11.0 Å². The van der Waals surface area contributed by atoms with Gasteiger partial charge >= 0.3 is 0 Å². The van der Waals surface area contributed by atoms with Crippen molar-refractivity contribution < 1.29 is 0 Å². The molecule has 0 saturated carbocycles. The molecule has 1 aromatic heterocycles. The summed E-state index contributed by atoms with van der Waals surface area (Å²) >= 11 is 1.42. The highest BCUT2D eigenvalue weighted by molar-refractivity contribution is 8.00. The quantitative estimate of drug-likeness (QED) is 0.701. The highest BCUT2D eigenvalue weighted by Gasteiger charge is 2.02. The Hall–Kier alpha value is -1.21. The molecule has 0 spiro atoms. The van der Waals surface area contributed by atoms with Gasteiger partial charge in [-0.3, -0.25) is 0 Å². The molecule has 0 aliphatic rings. The van der Waals surface area contributed by atoms with Crippen LogP contribution in [0.1, 0.15) is 6.92 Å². The van der Waals surface area contributed by atoms with E-state index in [1.165, 1.54) is 11.8 Å². The fourth-order valence-corrected chi connectivity index (χ4v) is 1.34. The summed E-state index contributed by atoms with van der Waals surface area (Å²) in [7, 11) is 0. The number of nitriles is 1. The Morgan fingerprint density at radius 1 is 1.67 bits per heavy atom. The molecule has 62 valence electrons. The number of thioether (sulfide) groups is 1. The lowest BCUT2D eigenvalue weighted by molar-refractivity contribution is 1.12. The van der Waals surface area contributed by atoms with E-state index in [0.717, 1.165) is 5.03 Å². The first-order valence-electron chi connectivity index (χ1n) is 3.50. The highest BCUT2D eigenvalue weighted by atomic mass is 32.2. The number of nitrogens with zero attached hydrogens (tertiary/aromatic N) is 2. The van der Waals surface area contributed by atoms with Gasteiger partial charge in [0.1, 0.15) is 0 Å². The molecule has 2 N–H and O–H groups in total. The van der Waals surface area contributed by atoms with Crippen molar-refractivity contribution in [2.75, 3.05) is 5.73 Å². The predicted molar refractivity (Wildman–Crippen MR) is 49.6 cm³/mol. The smallest absolute Gasteiger partial charge is 0.0974 e. The zero-order valence-electron chi connectivity index (χ0n) is 6.69. The molecular weight excluding hydrogens is 170 g/mol. The van der Waals surface area contributed by atoms with Crippen molar-refractivity contribution in [3.63, 3.8) is 0 Å². The molecule has 4 heteroatoms. The number of nitrogen functional groups attached to an aromatic ring is 1. The van der Waals surface area contributed by atoms with Crippen LogP contribution in [-0.4, -0.2) is 10.2 Å². The third-order valence-electron chi connectivity index (χ3n) is 1.24. The van der Waals surface area contributed by atoms with Crippen LogP contribution in [0.3, 0.4) is 0 Å². The summed E-state index contributed by atoms with van der Waals surface area (Å²) in [5, 5.41) is 9.29. The van der Waals surface area contributed by atoms with Crippen molar-refractivity contribution in [1.29, 1.82) is 5.26 Å².